The van der Waals surface area contributed by atoms with Gasteiger partial charge in [0.2, 0.25) is 6.29 Å². The lowest BCUT2D eigenvalue weighted by Gasteiger charge is -2.15. The van der Waals surface area contributed by atoms with Crippen molar-refractivity contribution in [2.75, 3.05) is 0 Å². The molecule has 0 radical (unpaired) electrons. The molecule has 0 aromatic rings. The number of carbonyl (C=O) groups excluding carboxylic acids is 1. The minimum Gasteiger partial charge on any atom is -0.433 e. The van der Waals surface area contributed by atoms with Crippen LogP contribution in [0, 0.1) is 0 Å². The zero-order chi connectivity index (χ0) is 9.56. The van der Waals surface area contributed by atoms with Gasteiger partial charge in [-0.3, -0.25) is 0 Å². The molecule has 3 nitrogen and oxygen atoms in total. The van der Waals surface area contributed by atoms with Crippen LogP contribution in [0.1, 0.15) is 13.8 Å². The van der Waals surface area contributed by atoms with E-state index in [1.807, 2.05) is 6.92 Å². The predicted molar refractivity (Wildman–Crippen MR) is 46.5 cm³/mol. The van der Waals surface area contributed by atoms with E-state index in [1.54, 1.807) is 13.0 Å². The zero-order valence-corrected chi connectivity index (χ0v) is 7.45. The molecular formula is C9H14O3. The summed E-state index contributed by atoms with van der Waals surface area (Å²) in [5.41, 5.74) is 0. The van der Waals surface area contributed by atoms with Gasteiger partial charge >= 0.3 is 5.97 Å². The fourth-order valence-electron chi connectivity index (χ4n) is 0.597. The maximum absolute atomic E-state index is 10.6. The molecule has 2 unspecified atom stereocenters. The van der Waals surface area contributed by atoms with Gasteiger partial charge in [-0.2, -0.15) is 0 Å². The average molecular weight is 170 g/mol. The van der Waals surface area contributed by atoms with Crippen LogP contribution < -0.4 is 0 Å². The van der Waals surface area contributed by atoms with Crippen molar-refractivity contribution in [3.05, 3.63) is 25.3 Å². The van der Waals surface area contributed by atoms with E-state index in [-0.39, 0.29) is 6.10 Å². The second kappa shape index (κ2) is 5.55. The van der Waals surface area contributed by atoms with Crippen molar-refractivity contribution < 1.29 is 14.3 Å². The highest BCUT2D eigenvalue weighted by Gasteiger charge is 2.08. The van der Waals surface area contributed by atoms with Gasteiger partial charge in [-0.25, -0.2) is 4.79 Å². The van der Waals surface area contributed by atoms with E-state index in [9.17, 15) is 4.79 Å². The van der Waals surface area contributed by atoms with Gasteiger partial charge < -0.3 is 9.47 Å². The summed E-state index contributed by atoms with van der Waals surface area (Å²) in [6.07, 6.45) is 2.03. The Hall–Kier alpha value is -1.09. The van der Waals surface area contributed by atoms with Gasteiger partial charge in [0.1, 0.15) is 0 Å². The Bertz CT molecular complexity index is 175. The first-order chi connectivity index (χ1) is 5.60. The van der Waals surface area contributed by atoms with Gasteiger partial charge in [0.15, 0.2) is 0 Å². The molecule has 0 heterocycles. The number of carbonyl (C=O) groups is 1. The molecule has 0 aliphatic rings. The summed E-state index contributed by atoms with van der Waals surface area (Å²) in [5, 5.41) is 0. The van der Waals surface area contributed by atoms with E-state index in [0.29, 0.717) is 0 Å². The predicted octanol–water partition coefficient (Wildman–Crippen LogP) is 1.65. The van der Waals surface area contributed by atoms with Gasteiger partial charge in [0.25, 0.3) is 0 Å². The number of esters is 1. The summed E-state index contributed by atoms with van der Waals surface area (Å²) in [6, 6.07) is 0. The molecular weight excluding hydrogens is 156 g/mol. The van der Waals surface area contributed by atoms with Crippen LogP contribution in [0.3, 0.4) is 0 Å². The third kappa shape index (κ3) is 4.68. The highest BCUT2D eigenvalue weighted by Crippen LogP contribution is 2.00. The molecule has 0 aromatic heterocycles. The summed E-state index contributed by atoms with van der Waals surface area (Å²) < 4.78 is 9.91. The van der Waals surface area contributed by atoms with Crippen molar-refractivity contribution >= 4 is 5.97 Å². The van der Waals surface area contributed by atoms with Crippen LogP contribution in [0.5, 0.6) is 0 Å². The smallest absolute Gasteiger partial charge is 0.332 e. The van der Waals surface area contributed by atoms with Gasteiger partial charge in [-0.1, -0.05) is 12.7 Å². The van der Waals surface area contributed by atoms with E-state index in [2.05, 4.69) is 13.2 Å². The normalized spacial score (nSPS) is 14.5. The van der Waals surface area contributed by atoms with Crippen LogP contribution in [-0.2, 0) is 14.3 Å². The van der Waals surface area contributed by atoms with Gasteiger partial charge in [0.05, 0.1) is 6.10 Å². The zero-order valence-electron chi connectivity index (χ0n) is 7.45. The number of rotatable bonds is 5. The van der Waals surface area contributed by atoms with E-state index < -0.39 is 12.3 Å². The van der Waals surface area contributed by atoms with Crippen LogP contribution in [0.25, 0.3) is 0 Å². The summed E-state index contributed by atoms with van der Waals surface area (Å²) in [6.45, 7) is 10.2. The minimum atomic E-state index is -0.566. The molecule has 0 aliphatic carbocycles. The van der Waals surface area contributed by atoms with Crippen molar-refractivity contribution in [3.63, 3.8) is 0 Å². The molecule has 0 amide bonds. The fraction of sp³-hybridized carbons (Fsp3) is 0.444. The maximum atomic E-state index is 10.6. The van der Waals surface area contributed by atoms with E-state index in [0.717, 1.165) is 6.08 Å². The molecule has 2 atom stereocenters. The molecule has 0 saturated carbocycles. The van der Waals surface area contributed by atoms with Gasteiger partial charge in [-0.05, 0) is 13.8 Å². The Morgan fingerprint density at radius 3 is 2.42 bits per heavy atom. The molecule has 0 spiro atoms. The maximum Gasteiger partial charge on any atom is 0.332 e. The van der Waals surface area contributed by atoms with Crippen LogP contribution in [0.15, 0.2) is 25.3 Å². The van der Waals surface area contributed by atoms with Crippen LogP contribution in [0.4, 0.5) is 0 Å². The first kappa shape index (κ1) is 10.9. The SMILES string of the molecule is C=CC(=O)OC(C)OC(C)C=C. The van der Waals surface area contributed by atoms with Crippen LogP contribution in [-0.4, -0.2) is 18.4 Å². The first-order valence-electron chi connectivity index (χ1n) is 3.71. The molecule has 0 fully saturated rings. The van der Waals surface area contributed by atoms with Crippen molar-refractivity contribution in [3.8, 4) is 0 Å². The summed E-state index contributed by atoms with van der Waals surface area (Å²) in [4.78, 5) is 10.6. The monoisotopic (exact) mass is 170 g/mol. The first-order valence-corrected chi connectivity index (χ1v) is 3.71. The Morgan fingerprint density at radius 1 is 1.42 bits per heavy atom. The Morgan fingerprint density at radius 2 is 2.00 bits per heavy atom. The number of ether oxygens (including phenoxy) is 2. The molecule has 12 heavy (non-hydrogen) atoms. The number of hydrogen-bond acceptors (Lipinski definition) is 3. The lowest BCUT2D eigenvalue weighted by atomic mass is 10.4. The van der Waals surface area contributed by atoms with Gasteiger partial charge in [-0.15, -0.1) is 6.58 Å². The highest BCUT2D eigenvalue weighted by atomic mass is 16.7. The second-order valence-electron chi connectivity index (χ2n) is 2.29. The molecule has 0 aromatic carbocycles. The molecule has 0 rings (SSSR count). The Kier molecular flexibility index (Phi) is 5.04. The quantitative estimate of drug-likeness (QED) is 0.272. The summed E-state index contributed by atoms with van der Waals surface area (Å²) >= 11 is 0. The lowest BCUT2D eigenvalue weighted by molar-refractivity contribution is -0.173. The lowest BCUT2D eigenvalue weighted by Crippen LogP contribution is -2.20. The van der Waals surface area contributed by atoms with Crippen molar-refractivity contribution in [1.29, 1.82) is 0 Å². The van der Waals surface area contributed by atoms with Gasteiger partial charge in [0, 0.05) is 6.08 Å². The van der Waals surface area contributed by atoms with E-state index in [4.69, 9.17) is 9.47 Å². The molecule has 3 heteroatoms. The van der Waals surface area contributed by atoms with Crippen molar-refractivity contribution in [2.45, 2.75) is 26.2 Å². The fourth-order valence-corrected chi connectivity index (χ4v) is 0.597. The Labute approximate surface area is 72.7 Å². The largest absolute Gasteiger partial charge is 0.433 e. The number of hydrogen-bond donors (Lipinski definition) is 0. The van der Waals surface area contributed by atoms with E-state index in [1.165, 1.54) is 0 Å². The third-order valence-corrected chi connectivity index (χ3v) is 1.19. The topological polar surface area (TPSA) is 35.5 Å². The van der Waals surface area contributed by atoms with Crippen molar-refractivity contribution in [1.82, 2.24) is 0 Å². The molecule has 68 valence electrons. The summed E-state index contributed by atoms with van der Waals surface area (Å²) in [7, 11) is 0. The van der Waals surface area contributed by atoms with Crippen LogP contribution in [0.2, 0.25) is 0 Å². The molecule has 0 aliphatic heterocycles. The highest BCUT2D eigenvalue weighted by molar-refractivity contribution is 5.81. The molecule has 0 bridgehead atoms. The van der Waals surface area contributed by atoms with Crippen LogP contribution >= 0.6 is 0 Å². The van der Waals surface area contributed by atoms with E-state index >= 15 is 0 Å². The van der Waals surface area contributed by atoms with Crippen molar-refractivity contribution in [2.24, 2.45) is 0 Å². The Balaban J connectivity index is 3.72. The average Bonchev–Trinajstić information content (AvgIpc) is 2.03. The standard InChI is InChI=1S/C9H14O3/c1-5-7(3)11-8(4)12-9(10)6-2/h5-8H,1-2H2,3-4H3. The minimum absolute atomic E-state index is 0.127. The summed E-state index contributed by atoms with van der Waals surface area (Å²) in [5.74, 6) is -0.487. The molecule has 0 N–H and O–H groups in total. The third-order valence-electron chi connectivity index (χ3n) is 1.19. The molecule has 0 saturated heterocycles. The second-order valence-corrected chi connectivity index (χ2v) is 2.29.